The highest BCUT2D eigenvalue weighted by molar-refractivity contribution is 6.22. The molecule has 0 radical (unpaired) electrons. The Kier molecular flexibility index (Phi) is 4.61. The third kappa shape index (κ3) is 3.11. The van der Waals surface area contributed by atoms with Crippen molar-refractivity contribution < 1.29 is 18.7 Å². The first-order valence-electron chi connectivity index (χ1n) is 9.17. The lowest BCUT2D eigenvalue weighted by Gasteiger charge is -2.48. The van der Waals surface area contributed by atoms with Crippen molar-refractivity contribution >= 4 is 11.4 Å². The molecule has 25 heavy (non-hydrogen) atoms. The van der Waals surface area contributed by atoms with Crippen LogP contribution in [0.2, 0.25) is 0 Å². The number of ether oxygens (including phenoxy) is 2. The summed E-state index contributed by atoms with van der Waals surface area (Å²) in [7, 11) is 0. The molecule has 1 aromatic rings. The lowest BCUT2D eigenvalue weighted by Crippen LogP contribution is -2.56. The van der Waals surface area contributed by atoms with Crippen molar-refractivity contribution in [3.63, 3.8) is 0 Å². The van der Waals surface area contributed by atoms with Gasteiger partial charge in [-0.3, -0.25) is 9.69 Å². The van der Waals surface area contributed by atoms with E-state index in [4.69, 9.17) is 9.47 Å². The van der Waals surface area contributed by atoms with Crippen molar-refractivity contribution in [1.29, 1.82) is 0 Å². The lowest BCUT2D eigenvalue weighted by atomic mass is 9.71. The van der Waals surface area contributed by atoms with Crippen LogP contribution in [0.4, 0.5) is 4.39 Å². The number of rotatable bonds is 3. The Morgan fingerprint density at radius 2 is 2.04 bits per heavy atom. The molecular weight excluding hydrogens is 321 g/mol. The molecule has 0 N–H and O–H groups in total. The Morgan fingerprint density at radius 1 is 1.24 bits per heavy atom. The van der Waals surface area contributed by atoms with E-state index in [1.54, 1.807) is 18.4 Å². The SMILES string of the molecule is CCCN1COC2CCC3C(=O)C(c4ccc(F)cc4)=COC3C2C1. The second-order valence-corrected chi connectivity index (χ2v) is 7.26. The van der Waals surface area contributed by atoms with Gasteiger partial charge in [0.05, 0.1) is 30.6 Å². The van der Waals surface area contributed by atoms with Crippen molar-refractivity contribution in [1.82, 2.24) is 4.90 Å². The minimum absolute atomic E-state index is 0.116. The average Bonchev–Trinajstić information content (AvgIpc) is 2.63. The molecule has 4 rings (SSSR count). The maximum absolute atomic E-state index is 13.2. The third-order valence-corrected chi connectivity index (χ3v) is 5.64. The van der Waals surface area contributed by atoms with E-state index in [0.717, 1.165) is 37.9 Å². The zero-order chi connectivity index (χ0) is 17.4. The van der Waals surface area contributed by atoms with Gasteiger partial charge in [-0.2, -0.15) is 0 Å². The van der Waals surface area contributed by atoms with Gasteiger partial charge < -0.3 is 9.47 Å². The van der Waals surface area contributed by atoms with Gasteiger partial charge in [0.25, 0.3) is 0 Å². The van der Waals surface area contributed by atoms with Gasteiger partial charge in [-0.25, -0.2) is 4.39 Å². The number of carbonyl (C=O) groups is 1. The van der Waals surface area contributed by atoms with E-state index in [-0.39, 0.29) is 35.6 Å². The van der Waals surface area contributed by atoms with E-state index in [1.807, 2.05) is 0 Å². The monoisotopic (exact) mass is 345 g/mol. The molecule has 4 unspecified atom stereocenters. The van der Waals surface area contributed by atoms with Crippen molar-refractivity contribution in [2.24, 2.45) is 11.8 Å². The molecule has 1 saturated carbocycles. The van der Waals surface area contributed by atoms with Crippen LogP contribution in [0.25, 0.3) is 5.57 Å². The van der Waals surface area contributed by atoms with Gasteiger partial charge >= 0.3 is 0 Å². The number of nitrogens with zero attached hydrogens (tertiary/aromatic N) is 1. The molecule has 4 atom stereocenters. The van der Waals surface area contributed by atoms with Gasteiger partial charge in [0.15, 0.2) is 5.78 Å². The number of hydrogen-bond acceptors (Lipinski definition) is 4. The first kappa shape index (κ1) is 16.7. The minimum Gasteiger partial charge on any atom is -0.496 e. The first-order valence-corrected chi connectivity index (χ1v) is 9.17. The molecule has 1 aromatic carbocycles. The Balaban J connectivity index is 1.56. The predicted molar refractivity (Wildman–Crippen MR) is 92.1 cm³/mol. The van der Waals surface area contributed by atoms with Crippen LogP contribution in [0, 0.1) is 17.7 Å². The molecule has 0 bridgehead atoms. The summed E-state index contributed by atoms with van der Waals surface area (Å²) in [6.07, 6.45) is 4.42. The van der Waals surface area contributed by atoms with Gasteiger partial charge in [0.2, 0.25) is 0 Å². The van der Waals surface area contributed by atoms with Gasteiger partial charge in [-0.15, -0.1) is 0 Å². The highest BCUT2D eigenvalue weighted by atomic mass is 19.1. The standard InChI is InChI=1S/C20H24FNO3/c1-2-9-22-10-16-18(25-12-22)8-7-15-19(23)17(11-24-20(15)16)13-3-5-14(21)6-4-13/h3-6,11,15-16,18,20H,2,7-10,12H2,1H3. The van der Waals surface area contributed by atoms with Crippen LogP contribution >= 0.6 is 0 Å². The quantitative estimate of drug-likeness (QED) is 0.843. The predicted octanol–water partition coefficient (Wildman–Crippen LogP) is 3.23. The van der Waals surface area contributed by atoms with Crippen LogP contribution < -0.4 is 0 Å². The van der Waals surface area contributed by atoms with Crippen molar-refractivity contribution in [3.05, 3.63) is 41.9 Å². The summed E-state index contributed by atoms with van der Waals surface area (Å²) >= 11 is 0. The van der Waals surface area contributed by atoms with Crippen LogP contribution in [-0.2, 0) is 14.3 Å². The fourth-order valence-corrected chi connectivity index (χ4v) is 4.40. The van der Waals surface area contributed by atoms with Crippen LogP contribution in [-0.4, -0.2) is 42.7 Å². The molecular formula is C20H24FNO3. The molecule has 2 heterocycles. The van der Waals surface area contributed by atoms with E-state index in [1.165, 1.54) is 12.1 Å². The van der Waals surface area contributed by atoms with E-state index in [2.05, 4.69) is 11.8 Å². The second-order valence-electron chi connectivity index (χ2n) is 7.26. The number of fused-ring (bicyclic) bond motifs is 3. The Morgan fingerprint density at radius 3 is 2.80 bits per heavy atom. The Labute approximate surface area is 147 Å². The van der Waals surface area contributed by atoms with E-state index in [9.17, 15) is 9.18 Å². The van der Waals surface area contributed by atoms with Gasteiger partial charge in [0.1, 0.15) is 11.9 Å². The number of allylic oxidation sites excluding steroid dienone is 1. The molecule has 3 aliphatic rings. The van der Waals surface area contributed by atoms with E-state index < -0.39 is 0 Å². The molecule has 4 nitrogen and oxygen atoms in total. The van der Waals surface area contributed by atoms with Crippen molar-refractivity contribution in [2.75, 3.05) is 19.8 Å². The highest BCUT2D eigenvalue weighted by Crippen LogP contribution is 2.41. The fourth-order valence-electron chi connectivity index (χ4n) is 4.40. The molecule has 1 aliphatic carbocycles. The molecule has 2 fully saturated rings. The number of benzene rings is 1. The van der Waals surface area contributed by atoms with Gasteiger partial charge in [0, 0.05) is 19.0 Å². The largest absolute Gasteiger partial charge is 0.496 e. The summed E-state index contributed by atoms with van der Waals surface area (Å²) in [5.74, 6) is -0.0818. The van der Waals surface area contributed by atoms with E-state index in [0.29, 0.717) is 12.3 Å². The fraction of sp³-hybridized carbons (Fsp3) is 0.550. The number of hydrogen-bond donors (Lipinski definition) is 0. The molecule has 5 heteroatoms. The molecule has 2 aliphatic heterocycles. The topological polar surface area (TPSA) is 38.8 Å². The van der Waals surface area contributed by atoms with Crippen LogP contribution in [0.5, 0.6) is 0 Å². The number of carbonyl (C=O) groups excluding carboxylic acids is 1. The first-order chi connectivity index (χ1) is 12.2. The molecule has 1 saturated heterocycles. The Bertz CT molecular complexity index is 672. The van der Waals surface area contributed by atoms with Crippen LogP contribution in [0.3, 0.4) is 0 Å². The van der Waals surface area contributed by atoms with Gasteiger partial charge in [-0.05, 0) is 37.0 Å². The summed E-state index contributed by atoms with van der Waals surface area (Å²) in [6, 6.07) is 6.04. The molecule has 0 spiro atoms. The zero-order valence-electron chi connectivity index (χ0n) is 14.5. The smallest absolute Gasteiger partial charge is 0.173 e. The number of Topliss-reactive ketones (excluding diaryl/α,β-unsaturated/α-hetero) is 1. The van der Waals surface area contributed by atoms with Crippen molar-refractivity contribution in [3.8, 4) is 0 Å². The third-order valence-electron chi connectivity index (χ3n) is 5.64. The van der Waals surface area contributed by atoms with E-state index >= 15 is 0 Å². The Hall–Kier alpha value is -1.72. The summed E-state index contributed by atoms with van der Waals surface area (Å²) in [5, 5.41) is 0. The normalized spacial score (nSPS) is 32.4. The molecule has 0 amide bonds. The average molecular weight is 345 g/mol. The summed E-state index contributed by atoms with van der Waals surface area (Å²) < 4.78 is 25.2. The maximum Gasteiger partial charge on any atom is 0.173 e. The van der Waals surface area contributed by atoms with Crippen LogP contribution in [0.1, 0.15) is 31.7 Å². The maximum atomic E-state index is 13.2. The van der Waals surface area contributed by atoms with Crippen LogP contribution in [0.15, 0.2) is 30.5 Å². The highest BCUT2D eigenvalue weighted by Gasteiger charge is 2.48. The second kappa shape index (κ2) is 6.89. The summed E-state index contributed by atoms with van der Waals surface area (Å²) in [6.45, 7) is 4.77. The van der Waals surface area contributed by atoms with Gasteiger partial charge in [-0.1, -0.05) is 19.1 Å². The summed E-state index contributed by atoms with van der Waals surface area (Å²) in [5.41, 5.74) is 1.28. The number of ketones is 1. The van der Waals surface area contributed by atoms with Crippen molar-refractivity contribution in [2.45, 2.75) is 38.4 Å². The number of halogens is 1. The molecule has 134 valence electrons. The zero-order valence-corrected chi connectivity index (χ0v) is 14.5. The minimum atomic E-state index is -0.303. The summed E-state index contributed by atoms with van der Waals surface area (Å²) in [4.78, 5) is 15.3. The lowest BCUT2D eigenvalue weighted by molar-refractivity contribution is -0.169. The molecule has 0 aromatic heterocycles.